The minimum Gasteiger partial charge on any atom is -0.497 e. The standard InChI is InChI=1S/C23H24N2O3/c1-3-5-20(16-23(26)25-15-4-14-24)19-8-12-22(13-9-19)28-17-18-6-10-21(27-2)11-7-18/h6-13,20H,4,15-17H2,1-2H3,(H,25,26). The average molecular weight is 376 g/mol. The average Bonchev–Trinajstić information content (AvgIpc) is 2.73. The maximum absolute atomic E-state index is 12.0. The van der Waals surface area contributed by atoms with Gasteiger partial charge in [0, 0.05) is 13.0 Å². The van der Waals surface area contributed by atoms with Crippen molar-refractivity contribution in [1.29, 1.82) is 5.26 Å². The molecule has 5 heteroatoms. The lowest BCUT2D eigenvalue weighted by molar-refractivity contribution is -0.121. The van der Waals surface area contributed by atoms with Crippen molar-refractivity contribution in [2.45, 2.75) is 32.3 Å². The molecule has 0 fully saturated rings. The van der Waals surface area contributed by atoms with Gasteiger partial charge in [-0.3, -0.25) is 4.79 Å². The molecule has 0 bridgehead atoms. The molecule has 0 spiro atoms. The van der Waals surface area contributed by atoms with Crippen LogP contribution >= 0.6 is 0 Å². The van der Waals surface area contributed by atoms with E-state index < -0.39 is 0 Å². The fraction of sp³-hybridized carbons (Fsp3) is 0.304. The molecule has 28 heavy (non-hydrogen) atoms. The molecule has 144 valence electrons. The van der Waals surface area contributed by atoms with E-state index >= 15 is 0 Å². The molecule has 0 saturated heterocycles. The maximum Gasteiger partial charge on any atom is 0.221 e. The summed E-state index contributed by atoms with van der Waals surface area (Å²) in [5, 5.41) is 11.3. The molecule has 0 aromatic heterocycles. The van der Waals surface area contributed by atoms with Crippen LogP contribution in [0.25, 0.3) is 0 Å². The Morgan fingerprint density at radius 3 is 2.39 bits per heavy atom. The number of hydrogen-bond donors (Lipinski definition) is 1. The number of carbonyl (C=O) groups excluding carboxylic acids is 1. The van der Waals surface area contributed by atoms with Crippen LogP contribution in [0.5, 0.6) is 11.5 Å². The molecule has 2 aromatic rings. The van der Waals surface area contributed by atoms with E-state index in [2.05, 4.69) is 17.2 Å². The van der Waals surface area contributed by atoms with Gasteiger partial charge in [0.25, 0.3) is 0 Å². The van der Waals surface area contributed by atoms with Gasteiger partial charge in [0.05, 0.1) is 25.5 Å². The van der Waals surface area contributed by atoms with E-state index in [1.54, 1.807) is 14.0 Å². The van der Waals surface area contributed by atoms with Crippen LogP contribution in [0.2, 0.25) is 0 Å². The van der Waals surface area contributed by atoms with Crippen LogP contribution in [0.4, 0.5) is 0 Å². The van der Waals surface area contributed by atoms with Gasteiger partial charge in [0.1, 0.15) is 18.1 Å². The lowest BCUT2D eigenvalue weighted by Gasteiger charge is -2.13. The van der Waals surface area contributed by atoms with E-state index in [0.29, 0.717) is 19.6 Å². The molecule has 0 aliphatic heterocycles. The Labute approximate surface area is 166 Å². The fourth-order valence-electron chi connectivity index (χ4n) is 2.63. The highest BCUT2D eigenvalue weighted by molar-refractivity contribution is 5.77. The first-order valence-electron chi connectivity index (χ1n) is 9.08. The second-order valence-electron chi connectivity index (χ2n) is 6.11. The molecule has 0 aliphatic carbocycles. The van der Waals surface area contributed by atoms with Crippen LogP contribution in [0.1, 0.15) is 36.8 Å². The lowest BCUT2D eigenvalue weighted by Crippen LogP contribution is -2.25. The van der Waals surface area contributed by atoms with Gasteiger partial charge in [-0.25, -0.2) is 0 Å². The number of nitrogens with zero attached hydrogens (tertiary/aromatic N) is 1. The number of nitriles is 1. The Kier molecular flexibility index (Phi) is 8.43. The van der Waals surface area contributed by atoms with Crippen LogP contribution in [0.15, 0.2) is 48.5 Å². The van der Waals surface area contributed by atoms with Crippen molar-refractivity contribution in [2.75, 3.05) is 13.7 Å². The minimum atomic E-state index is -0.192. The molecule has 0 aliphatic rings. The zero-order valence-corrected chi connectivity index (χ0v) is 16.2. The second-order valence-corrected chi connectivity index (χ2v) is 6.11. The monoisotopic (exact) mass is 376 g/mol. The van der Waals surface area contributed by atoms with E-state index in [1.807, 2.05) is 54.6 Å². The van der Waals surface area contributed by atoms with E-state index in [9.17, 15) is 4.79 Å². The molecular formula is C23H24N2O3. The van der Waals surface area contributed by atoms with Crippen molar-refractivity contribution < 1.29 is 14.3 Å². The fourth-order valence-corrected chi connectivity index (χ4v) is 2.63. The molecule has 0 radical (unpaired) electrons. The SMILES string of the molecule is CC#CC(CC(=O)NCCC#N)c1ccc(OCc2ccc(OC)cc2)cc1. The summed E-state index contributed by atoms with van der Waals surface area (Å²) >= 11 is 0. The number of rotatable bonds is 9. The number of amides is 1. The van der Waals surface area contributed by atoms with Gasteiger partial charge in [-0.1, -0.05) is 30.2 Å². The topological polar surface area (TPSA) is 71.4 Å². The zero-order valence-electron chi connectivity index (χ0n) is 16.2. The number of ether oxygens (including phenoxy) is 2. The third kappa shape index (κ3) is 6.70. The maximum atomic E-state index is 12.0. The highest BCUT2D eigenvalue weighted by Crippen LogP contribution is 2.23. The van der Waals surface area contributed by atoms with Gasteiger partial charge in [-0.2, -0.15) is 5.26 Å². The van der Waals surface area contributed by atoms with E-state index in [4.69, 9.17) is 14.7 Å². The van der Waals surface area contributed by atoms with Gasteiger partial charge < -0.3 is 14.8 Å². The van der Waals surface area contributed by atoms with Crippen molar-refractivity contribution in [1.82, 2.24) is 5.32 Å². The predicted octanol–water partition coefficient (Wildman–Crippen LogP) is 3.80. The first kappa shape index (κ1) is 20.9. The Hall–Kier alpha value is -3.44. The molecule has 2 aromatic carbocycles. The van der Waals surface area contributed by atoms with Crippen molar-refractivity contribution in [2.24, 2.45) is 0 Å². The molecular weight excluding hydrogens is 352 g/mol. The van der Waals surface area contributed by atoms with Crippen LogP contribution < -0.4 is 14.8 Å². The van der Waals surface area contributed by atoms with Crippen LogP contribution in [-0.2, 0) is 11.4 Å². The first-order valence-corrected chi connectivity index (χ1v) is 9.08. The summed E-state index contributed by atoms with van der Waals surface area (Å²) in [5.74, 6) is 7.23. The number of methoxy groups -OCH3 is 1. The molecule has 1 atom stereocenters. The third-order valence-electron chi connectivity index (χ3n) is 4.11. The highest BCUT2D eigenvalue weighted by atomic mass is 16.5. The molecule has 1 unspecified atom stereocenters. The van der Waals surface area contributed by atoms with Crippen molar-refractivity contribution in [3.63, 3.8) is 0 Å². The predicted molar refractivity (Wildman–Crippen MR) is 108 cm³/mol. The molecule has 1 N–H and O–H groups in total. The molecule has 0 saturated carbocycles. The van der Waals surface area contributed by atoms with E-state index in [1.165, 1.54) is 0 Å². The second kappa shape index (κ2) is 11.3. The van der Waals surface area contributed by atoms with Crippen molar-refractivity contribution >= 4 is 5.91 Å². The van der Waals surface area contributed by atoms with Crippen LogP contribution in [-0.4, -0.2) is 19.6 Å². The van der Waals surface area contributed by atoms with Crippen LogP contribution in [0, 0.1) is 23.2 Å². The zero-order chi connectivity index (χ0) is 20.2. The number of nitrogens with one attached hydrogen (secondary N) is 1. The molecule has 0 heterocycles. The van der Waals surface area contributed by atoms with E-state index in [-0.39, 0.29) is 18.2 Å². The van der Waals surface area contributed by atoms with E-state index in [0.717, 1.165) is 22.6 Å². The molecule has 1 amide bonds. The third-order valence-corrected chi connectivity index (χ3v) is 4.11. The summed E-state index contributed by atoms with van der Waals surface area (Å²) in [6.45, 7) is 2.58. The number of hydrogen-bond acceptors (Lipinski definition) is 4. The quantitative estimate of drug-likeness (QED) is 0.534. The number of benzene rings is 2. The van der Waals surface area contributed by atoms with Gasteiger partial charge in [-0.15, -0.1) is 5.92 Å². The summed E-state index contributed by atoms with van der Waals surface area (Å²) in [7, 11) is 1.64. The molecule has 5 nitrogen and oxygen atoms in total. The van der Waals surface area contributed by atoms with Gasteiger partial charge >= 0.3 is 0 Å². The van der Waals surface area contributed by atoms with Gasteiger partial charge in [0.2, 0.25) is 5.91 Å². The van der Waals surface area contributed by atoms with Crippen molar-refractivity contribution in [3.05, 3.63) is 59.7 Å². The largest absolute Gasteiger partial charge is 0.497 e. The van der Waals surface area contributed by atoms with Gasteiger partial charge in [-0.05, 0) is 42.3 Å². The Morgan fingerprint density at radius 1 is 1.11 bits per heavy atom. The minimum absolute atomic E-state index is 0.108. The van der Waals surface area contributed by atoms with Gasteiger partial charge in [0.15, 0.2) is 0 Å². The Balaban J connectivity index is 1.94. The summed E-state index contributed by atoms with van der Waals surface area (Å²) in [6, 6.07) is 17.4. The summed E-state index contributed by atoms with van der Waals surface area (Å²) in [6.07, 6.45) is 0.564. The Morgan fingerprint density at radius 2 is 1.79 bits per heavy atom. The normalized spacial score (nSPS) is 10.8. The lowest BCUT2D eigenvalue weighted by atomic mass is 9.95. The summed E-state index contributed by atoms with van der Waals surface area (Å²) in [5.41, 5.74) is 2.01. The van der Waals surface area contributed by atoms with Crippen LogP contribution in [0.3, 0.4) is 0 Å². The van der Waals surface area contributed by atoms with Crippen molar-refractivity contribution in [3.8, 4) is 29.4 Å². The smallest absolute Gasteiger partial charge is 0.221 e. The summed E-state index contributed by atoms with van der Waals surface area (Å²) in [4.78, 5) is 12.0. The molecule has 2 rings (SSSR count). The summed E-state index contributed by atoms with van der Waals surface area (Å²) < 4.78 is 11.0. The highest BCUT2D eigenvalue weighted by Gasteiger charge is 2.14. The Bertz CT molecular complexity index is 856. The first-order chi connectivity index (χ1) is 13.7. The number of carbonyl (C=O) groups is 1.